The molecular weight excluding hydrogens is 262 g/mol. The Kier molecular flexibility index (Phi) is 7.04. The molecule has 0 aliphatic heterocycles. The fraction of sp³-hybridized carbons (Fsp3) is 0.667. The van der Waals surface area contributed by atoms with Crippen LogP contribution in [0.5, 0.6) is 5.75 Å². The van der Waals surface area contributed by atoms with E-state index in [0.717, 1.165) is 31.4 Å². The van der Waals surface area contributed by atoms with Crippen molar-refractivity contribution in [2.24, 2.45) is 5.92 Å². The zero-order chi connectivity index (χ0) is 14.9. The third kappa shape index (κ3) is 5.33. The van der Waals surface area contributed by atoms with Crippen LogP contribution in [0, 0.1) is 5.92 Å². The first-order valence-corrected chi connectivity index (χ1v) is 8.37. The maximum atomic E-state index is 5.97. The molecule has 2 rings (SSSR count). The average molecular weight is 291 g/mol. The highest BCUT2D eigenvalue weighted by Gasteiger charge is 2.16. The van der Waals surface area contributed by atoms with E-state index in [1.54, 1.807) is 0 Å². The molecule has 0 bridgehead atoms. The second-order valence-electron chi connectivity index (χ2n) is 5.80. The molecule has 1 fully saturated rings. The van der Waals surface area contributed by atoms with E-state index in [4.69, 9.17) is 9.47 Å². The van der Waals surface area contributed by atoms with Gasteiger partial charge in [0.25, 0.3) is 0 Å². The molecule has 21 heavy (non-hydrogen) atoms. The Morgan fingerprint density at radius 1 is 1.14 bits per heavy atom. The van der Waals surface area contributed by atoms with Gasteiger partial charge in [-0.2, -0.15) is 0 Å². The number of likely N-dealkylation sites (N-methyl/N-ethyl adjacent to an activating group) is 1. The second kappa shape index (κ2) is 9.06. The monoisotopic (exact) mass is 291 g/mol. The van der Waals surface area contributed by atoms with Crippen LogP contribution >= 0.6 is 0 Å². The number of rotatable bonds is 9. The molecule has 1 aromatic rings. The number of nitrogens with one attached hydrogen (secondary N) is 1. The highest BCUT2D eigenvalue weighted by atomic mass is 16.5. The summed E-state index contributed by atoms with van der Waals surface area (Å²) in [6.07, 6.45) is 5.44. The molecule has 1 atom stereocenters. The standard InChI is InChI=1S/C18H29NO2/c1-3-19-18(14-20-13-15-7-5-6-8-15)16-9-11-17(12-10-16)21-4-2/h9-12,15,18-19H,3-8,13-14H2,1-2H3. The van der Waals surface area contributed by atoms with E-state index in [2.05, 4.69) is 24.4 Å². The normalized spacial score (nSPS) is 17.0. The van der Waals surface area contributed by atoms with Crippen molar-refractivity contribution in [1.82, 2.24) is 5.32 Å². The van der Waals surface area contributed by atoms with Gasteiger partial charge < -0.3 is 14.8 Å². The maximum Gasteiger partial charge on any atom is 0.119 e. The van der Waals surface area contributed by atoms with Crippen molar-refractivity contribution < 1.29 is 9.47 Å². The van der Waals surface area contributed by atoms with Crippen LogP contribution in [0.2, 0.25) is 0 Å². The van der Waals surface area contributed by atoms with Gasteiger partial charge in [0.05, 0.1) is 19.3 Å². The Balaban J connectivity index is 1.84. The lowest BCUT2D eigenvalue weighted by Crippen LogP contribution is -2.26. The van der Waals surface area contributed by atoms with Gasteiger partial charge in [0.15, 0.2) is 0 Å². The molecule has 1 saturated carbocycles. The molecule has 0 saturated heterocycles. The van der Waals surface area contributed by atoms with Gasteiger partial charge >= 0.3 is 0 Å². The van der Waals surface area contributed by atoms with Crippen LogP contribution in [-0.2, 0) is 4.74 Å². The van der Waals surface area contributed by atoms with E-state index in [1.807, 2.05) is 19.1 Å². The number of hydrogen-bond donors (Lipinski definition) is 1. The van der Waals surface area contributed by atoms with Crippen LogP contribution in [0.25, 0.3) is 0 Å². The fourth-order valence-electron chi connectivity index (χ4n) is 3.01. The Bertz CT molecular complexity index is 385. The summed E-state index contributed by atoms with van der Waals surface area (Å²) in [5.74, 6) is 1.72. The zero-order valence-corrected chi connectivity index (χ0v) is 13.4. The van der Waals surface area contributed by atoms with E-state index in [-0.39, 0.29) is 6.04 Å². The SMILES string of the molecule is CCNC(COCC1CCCC1)c1ccc(OCC)cc1. The highest BCUT2D eigenvalue weighted by molar-refractivity contribution is 5.29. The summed E-state index contributed by atoms with van der Waals surface area (Å²) < 4.78 is 11.5. The van der Waals surface area contributed by atoms with Crippen molar-refractivity contribution in [2.75, 3.05) is 26.4 Å². The minimum absolute atomic E-state index is 0.270. The lowest BCUT2D eigenvalue weighted by Gasteiger charge is -2.20. The Labute approximate surface area is 129 Å². The molecule has 118 valence electrons. The van der Waals surface area contributed by atoms with Crippen molar-refractivity contribution in [3.8, 4) is 5.75 Å². The molecule has 0 amide bonds. The molecule has 1 N–H and O–H groups in total. The summed E-state index contributed by atoms with van der Waals surface area (Å²) >= 11 is 0. The van der Waals surface area contributed by atoms with E-state index in [1.165, 1.54) is 31.2 Å². The molecule has 0 aromatic heterocycles. The molecule has 3 nitrogen and oxygen atoms in total. The van der Waals surface area contributed by atoms with Gasteiger partial charge in [-0.1, -0.05) is 31.9 Å². The highest BCUT2D eigenvalue weighted by Crippen LogP contribution is 2.25. The summed E-state index contributed by atoms with van der Waals surface area (Å²) in [6, 6.07) is 8.63. The van der Waals surface area contributed by atoms with E-state index in [0.29, 0.717) is 6.61 Å². The molecule has 3 heteroatoms. The number of hydrogen-bond acceptors (Lipinski definition) is 3. The van der Waals surface area contributed by atoms with Crippen LogP contribution in [0.1, 0.15) is 51.1 Å². The first-order chi connectivity index (χ1) is 10.3. The Hall–Kier alpha value is -1.06. The minimum atomic E-state index is 0.270. The predicted molar refractivity (Wildman–Crippen MR) is 86.8 cm³/mol. The molecule has 0 spiro atoms. The largest absolute Gasteiger partial charge is 0.494 e. The molecule has 1 aliphatic carbocycles. The van der Waals surface area contributed by atoms with E-state index >= 15 is 0 Å². The first-order valence-electron chi connectivity index (χ1n) is 8.37. The van der Waals surface area contributed by atoms with Gasteiger partial charge in [0.1, 0.15) is 5.75 Å². The Morgan fingerprint density at radius 3 is 2.48 bits per heavy atom. The van der Waals surface area contributed by atoms with Crippen LogP contribution in [0.3, 0.4) is 0 Å². The Morgan fingerprint density at radius 2 is 1.86 bits per heavy atom. The van der Waals surface area contributed by atoms with Gasteiger partial charge in [-0.3, -0.25) is 0 Å². The average Bonchev–Trinajstić information content (AvgIpc) is 3.01. The van der Waals surface area contributed by atoms with Gasteiger partial charge in [0, 0.05) is 6.61 Å². The van der Waals surface area contributed by atoms with Crippen molar-refractivity contribution in [2.45, 2.75) is 45.6 Å². The van der Waals surface area contributed by atoms with Crippen LogP contribution < -0.4 is 10.1 Å². The quantitative estimate of drug-likeness (QED) is 0.747. The number of benzene rings is 1. The smallest absolute Gasteiger partial charge is 0.119 e. The zero-order valence-electron chi connectivity index (χ0n) is 13.4. The van der Waals surface area contributed by atoms with Crippen LogP contribution in [-0.4, -0.2) is 26.4 Å². The lowest BCUT2D eigenvalue weighted by atomic mass is 10.1. The summed E-state index contributed by atoms with van der Waals surface area (Å²) in [7, 11) is 0. The molecule has 1 unspecified atom stereocenters. The van der Waals surface area contributed by atoms with Crippen molar-refractivity contribution in [3.63, 3.8) is 0 Å². The maximum absolute atomic E-state index is 5.97. The van der Waals surface area contributed by atoms with Crippen molar-refractivity contribution >= 4 is 0 Å². The molecule has 1 aliphatic rings. The molecule has 1 aromatic carbocycles. The van der Waals surface area contributed by atoms with Crippen LogP contribution in [0.4, 0.5) is 0 Å². The summed E-state index contributed by atoms with van der Waals surface area (Å²) in [4.78, 5) is 0. The summed E-state index contributed by atoms with van der Waals surface area (Å²) in [5, 5.41) is 3.51. The fourth-order valence-corrected chi connectivity index (χ4v) is 3.01. The van der Waals surface area contributed by atoms with Gasteiger partial charge in [-0.25, -0.2) is 0 Å². The molecule has 0 radical (unpaired) electrons. The topological polar surface area (TPSA) is 30.5 Å². The second-order valence-corrected chi connectivity index (χ2v) is 5.80. The molecular formula is C18H29NO2. The molecule has 0 heterocycles. The van der Waals surface area contributed by atoms with Crippen LogP contribution in [0.15, 0.2) is 24.3 Å². The third-order valence-corrected chi connectivity index (χ3v) is 4.16. The van der Waals surface area contributed by atoms with Crippen molar-refractivity contribution in [1.29, 1.82) is 0 Å². The summed E-state index contributed by atoms with van der Waals surface area (Å²) in [6.45, 7) is 7.47. The number of ether oxygens (including phenoxy) is 2. The predicted octanol–water partition coefficient (Wildman–Crippen LogP) is 3.94. The lowest BCUT2D eigenvalue weighted by molar-refractivity contribution is 0.0831. The summed E-state index contributed by atoms with van der Waals surface area (Å²) in [5.41, 5.74) is 1.27. The first kappa shape index (κ1) is 16.3. The van der Waals surface area contributed by atoms with Gasteiger partial charge in [-0.15, -0.1) is 0 Å². The van der Waals surface area contributed by atoms with E-state index < -0.39 is 0 Å². The minimum Gasteiger partial charge on any atom is -0.494 e. The third-order valence-electron chi connectivity index (χ3n) is 4.16. The van der Waals surface area contributed by atoms with Crippen molar-refractivity contribution in [3.05, 3.63) is 29.8 Å². The van der Waals surface area contributed by atoms with Gasteiger partial charge in [-0.05, 0) is 49.9 Å². The van der Waals surface area contributed by atoms with Gasteiger partial charge in [0.2, 0.25) is 0 Å². The van der Waals surface area contributed by atoms with E-state index in [9.17, 15) is 0 Å².